The van der Waals surface area contributed by atoms with Crippen LogP contribution in [0.5, 0.6) is 0 Å². The Morgan fingerprint density at radius 2 is 2.19 bits per heavy atom. The smallest absolute Gasteiger partial charge is 0.254 e. The summed E-state index contributed by atoms with van der Waals surface area (Å²) in [5, 5.41) is 20.6. The lowest BCUT2D eigenvalue weighted by Gasteiger charge is -2.30. The summed E-state index contributed by atoms with van der Waals surface area (Å²) < 4.78 is 0. The molecule has 7 heteroatoms. The van der Waals surface area contributed by atoms with Gasteiger partial charge in [-0.05, 0) is 31.0 Å². The normalized spacial score (nSPS) is 20.0. The van der Waals surface area contributed by atoms with Gasteiger partial charge in [0.05, 0.1) is 6.10 Å². The van der Waals surface area contributed by atoms with Crippen molar-refractivity contribution in [1.29, 1.82) is 0 Å². The van der Waals surface area contributed by atoms with Gasteiger partial charge in [-0.1, -0.05) is 6.07 Å². The topological polar surface area (TPSA) is 94.4 Å². The predicted octanol–water partition coefficient (Wildman–Crippen LogP) is 2.58. The van der Waals surface area contributed by atoms with E-state index in [-0.39, 0.29) is 18.2 Å². The molecule has 0 spiro atoms. The van der Waals surface area contributed by atoms with Gasteiger partial charge in [-0.25, -0.2) is 0 Å². The van der Waals surface area contributed by atoms with Crippen molar-refractivity contribution in [2.75, 3.05) is 18.4 Å². The molecule has 2 amide bonds. The fraction of sp³-hybridized carbons (Fsp3) is 0.500. The number of terminal acetylenes is 1. The number of likely N-dealkylation sites (tertiary alicyclic amines) is 1. The molecule has 1 saturated heterocycles. The van der Waals surface area contributed by atoms with Crippen molar-refractivity contribution in [2.24, 2.45) is 10.2 Å². The summed E-state index contributed by atoms with van der Waals surface area (Å²) in [5.41, 5.74) is 0.599. The number of benzene rings is 1. The van der Waals surface area contributed by atoms with Crippen molar-refractivity contribution in [3.05, 3.63) is 29.8 Å². The number of nitrogens with zero attached hydrogens (tertiary/aromatic N) is 3. The first-order valence-corrected chi connectivity index (χ1v) is 9.26. The summed E-state index contributed by atoms with van der Waals surface area (Å²) >= 11 is 0. The number of anilines is 1. The molecule has 0 saturated carbocycles. The van der Waals surface area contributed by atoms with Gasteiger partial charge in [-0.15, -0.1) is 12.3 Å². The monoisotopic (exact) mass is 368 g/mol. The third-order valence-corrected chi connectivity index (χ3v) is 4.88. The van der Waals surface area contributed by atoms with Crippen LogP contribution in [0.1, 0.15) is 48.9 Å². The molecule has 1 fully saturated rings. The number of hydrogen-bond donors (Lipinski definition) is 2. The third-order valence-electron chi connectivity index (χ3n) is 4.88. The summed E-state index contributed by atoms with van der Waals surface area (Å²) in [7, 11) is 0. The Labute approximate surface area is 158 Å². The van der Waals surface area contributed by atoms with E-state index in [0.717, 1.165) is 12.8 Å². The Morgan fingerprint density at radius 1 is 1.37 bits per heavy atom. The van der Waals surface area contributed by atoms with Crippen molar-refractivity contribution in [3.63, 3.8) is 0 Å². The summed E-state index contributed by atoms with van der Waals surface area (Å²) in [4.78, 5) is 26.5. The molecule has 3 rings (SSSR count). The zero-order valence-electron chi connectivity index (χ0n) is 15.2. The van der Waals surface area contributed by atoms with E-state index in [2.05, 4.69) is 21.5 Å². The predicted molar refractivity (Wildman–Crippen MR) is 101 cm³/mol. The van der Waals surface area contributed by atoms with Crippen LogP contribution in [0.2, 0.25) is 0 Å². The second-order valence-corrected chi connectivity index (χ2v) is 7.06. The number of hydrogen-bond acceptors (Lipinski definition) is 5. The quantitative estimate of drug-likeness (QED) is 0.724. The first-order valence-electron chi connectivity index (χ1n) is 9.26. The van der Waals surface area contributed by atoms with Gasteiger partial charge in [0.2, 0.25) is 5.91 Å². The maximum absolute atomic E-state index is 12.6. The number of aliphatic hydroxyl groups is 1. The fourth-order valence-electron chi connectivity index (χ4n) is 3.26. The van der Waals surface area contributed by atoms with Gasteiger partial charge in [0, 0.05) is 50.0 Å². The van der Waals surface area contributed by atoms with Crippen LogP contribution in [0.25, 0.3) is 0 Å². The fourth-order valence-corrected chi connectivity index (χ4v) is 3.26. The average molecular weight is 368 g/mol. The maximum Gasteiger partial charge on any atom is 0.254 e. The van der Waals surface area contributed by atoms with Gasteiger partial charge in [0.1, 0.15) is 0 Å². The van der Waals surface area contributed by atoms with E-state index in [1.807, 2.05) is 0 Å². The van der Waals surface area contributed by atoms with Gasteiger partial charge in [-0.2, -0.15) is 10.2 Å². The third kappa shape index (κ3) is 5.14. The van der Waals surface area contributed by atoms with Crippen molar-refractivity contribution in [3.8, 4) is 12.3 Å². The SMILES string of the molecule is C#CCCC1(CCC(=O)Nc2cccc(C(=O)N3CCCC(O)C3)c2)N=N1. The number of carbonyl (C=O) groups is 2. The molecular weight excluding hydrogens is 344 g/mol. The highest BCUT2D eigenvalue weighted by molar-refractivity contribution is 5.97. The molecular formula is C20H24N4O3. The first kappa shape index (κ1) is 19.1. The Bertz CT molecular complexity index is 778. The number of β-amino-alcohol motifs (C(OH)–C–C–N with tert-alkyl or cyclic N) is 1. The van der Waals surface area contributed by atoms with E-state index in [0.29, 0.717) is 43.6 Å². The van der Waals surface area contributed by atoms with E-state index in [1.165, 1.54) is 0 Å². The number of rotatable bonds is 7. The summed E-state index contributed by atoms with van der Waals surface area (Å²) in [6.07, 6.45) is 8.39. The minimum Gasteiger partial charge on any atom is -0.391 e. The highest BCUT2D eigenvalue weighted by Gasteiger charge is 2.39. The number of piperidine rings is 1. The van der Waals surface area contributed by atoms with E-state index in [4.69, 9.17) is 6.42 Å². The van der Waals surface area contributed by atoms with Crippen LogP contribution in [-0.4, -0.2) is 46.7 Å². The van der Waals surface area contributed by atoms with Crippen molar-refractivity contribution >= 4 is 17.5 Å². The number of aliphatic hydroxyl groups excluding tert-OH is 1. The molecule has 1 aromatic carbocycles. The van der Waals surface area contributed by atoms with Crippen LogP contribution >= 0.6 is 0 Å². The largest absolute Gasteiger partial charge is 0.391 e. The lowest BCUT2D eigenvalue weighted by Crippen LogP contribution is -2.42. The molecule has 2 heterocycles. The molecule has 0 radical (unpaired) electrons. The molecule has 142 valence electrons. The molecule has 0 aromatic heterocycles. The molecule has 0 bridgehead atoms. The Hall–Kier alpha value is -2.72. The average Bonchev–Trinajstić information content (AvgIpc) is 3.45. The first-order chi connectivity index (χ1) is 13.0. The zero-order valence-corrected chi connectivity index (χ0v) is 15.2. The van der Waals surface area contributed by atoms with E-state index in [9.17, 15) is 14.7 Å². The molecule has 1 unspecified atom stereocenters. The Balaban J connectivity index is 1.53. The van der Waals surface area contributed by atoms with Crippen LogP contribution in [0.4, 0.5) is 5.69 Å². The second kappa shape index (κ2) is 8.31. The summed E-state index contributed by atoms with van der Waals surface area (Å²) in [6.45, 7) is 0.987. The highest BCUT2D eigenvalue weighted by atomic mass is 16.3. The van der Waals surface area contributed by atoms with Crippen LogP contribution < -0.4 is 5.32 Å². The molecule has 2 aliphatic heterocycles. The zero-order chi connectivity index (χ0) is 19.3. The lowest BCUT2D eigenvalue weighted by atomic mass is 10.0. The van der Waals surface area contributed by atoms with Crippen molar-refractivity contribution in [1.82, 2.24) is 4.90 Å². The number of carbonyl (C=O) groups excluding carboxylic acids is 2. The molecule has 2 N–H and O–H groups in total. The Morgan fingerprint density at radius 3 is 2.89 bits per heavy atom. The molecule has 27 heavy (non-hydrogen) atoms. The summed E-state index contributed by atoms with van der Waals surface area (Å²) in [6, 6.07) is 6.87. The van der Waals surface area contributed by atoms with Crippen molar-refractivity contribution in [2.45, 2.75) is 50.3 Å². The molecule has 0 aliphatic carbocycles. The van der Waals surface area contributed by atoms with Crippen LogP contribution in [0, 0.1) is 12.3 Å². The highest BCUT2D eigenvalue weighted by Crippen LogP contribution is 2.37. The molecule has 1 atom stereocenters. The van der Waals surface area contributed by atoms with Gasteiger partial charge in [0.15, 0.2) is 5.66 Å². The second-order valence-electron chi connectivity index (χ2n) is 7.06. The van der Waals surface area contributed by atoms with E-state index in [1.54, 1.807) is 29.2 Å². The van der Waals surface area contributed by atoms with Gasteiger partial charge in [-0.3, -0.25) is 9.59 Å². The lowest BCUT2D eigenvalue weighted by molar-refractivity contribution is -0.116. The number of nitrogens with one attached hydrogen (secondary N) is 1. The number of amides is 2. The van der Waals surface area contributed by atoms with Gasteiger partial charge >= 0.3 is 0 Å². The van der Waals surface area contributed by atoms with Crippen molar-refractivity contribution < 1.29 is 14.7 Å². The minimum atomic E-state index is -0.476. The van der Waals surface area contributed by atoms with E-state index < -0.39 is 11.8 Å². The van der Waals surface area contributed by atoms with Crippen LogP contribution in [0.3, 0.4) is 0 Å². The molecule has 2 aliphatic rings. The van der Waals surface area contributed by atoms with E-state index >= 15 is 0 Å². The van der Waals surface area contributed by atoms with Gasteiger partial charge in [0.25, 0.3) is 5.91 Å². The minimum absolute atomic E-state index is 0.131. The standard InChI is InChI=1S/C20H24N4O3/c1-2-3-10-20(22-23-20)11-9-18(26)21-16-7-4-6-15(13-16)19(27)24-12-5-8-17(25)14-24/h1,4,6-7,13,17,25H,3,5,8-12,14H2,(H,21,26). The maximum atomic E-state index is 12.6. The van der Waals surface area contributed by atoms with Crippen LogP contribution in [-0.2, 0) is 4.79 Å². The molecule has 1 aromatic rings. The molecule has 7 nitrogen and oxygen atoms in total. The summed E-state index contributed by atoms with van der Waals surface area (Å²) in [5.74, 6) is 2.29. The van der Waals surface area contributed by atoms with Crippen LogP contribution in [0.15, 0.2) is 34.5 Å². The van der Waals surface area contributed by atoms with Gasteiger partial charge < -0.3 is 15.3 Å². The Kier molecular flexibility index (Phi) is 5.87.